The summed E-state index contributed by atoms with van der Waals surface area (Å²) in [5.41, 5.74) is 3.28. The standard InChI is InChI=1S/C23H28N2O4S/c1-30(27,28)24-21-13-14-25(23(26)29-20-11-6-12-20)22(21)16-17-7-5-10-19(15-17)18-8-3-2-4-9-18/h2-5,7-10,15,20-22,24H,6,11-14,16H2,1H3/t21-,22-/m1/s1. The number of benzene rings is 2. The number of carbonyl (C=O) groups is 1. The van der Waals surface area contributed by atoms with Crippen molar-refractivity contribution in [2.45, 2.75) is 50.3 Å². The van der Waals surface area contributed by atoms with Crippen molar-refractivity contribution in [1.29, 1.82) is 0 Å². The molecule has 0 unspecified atom stereocenters. The molecule has 1 saturated carbocycles. The van der Waals surface area contributed by atoms with E-state index in [0.29, 0.717) is 19.4 Å². The first kappa shape index (κ1) is 20.9. The third-order valence-corrected chi connectivity index (χ3v) is 6.68. The van der Waals surface area contributed by atoms with Crippen LogP contribution in [-0.2, 0) is 21.2 Å². The second-order valence-corrected chi connectivity index (χ2v) is 10.0. The van der Waals surface area contributed by atoms with E-state index in [1.54, 1.807) is 4.90 Å². The minimum absolute atomic E-state index is 0.00137. The number of hydrogen-bond acceptors (Lipinski definition) is 4. The number of hydrogen-bond donors (Lipinski definition) is 1. The van der Waals surface area contributed by atoms with E-state index in [2.05, 4.69) is 29.0 Å². The molecule has 0 radical (unpaired) electrons. The summed E-state index contributed by atoms with van der Waals surface area (Å²) in [6.07, 6.45) is 4.89. The molecule has 4 rings (SSSR count). The summed E-state index contributed by atoms with van der Waals surface area (Å²) in [4.78, 5) is 14.5. The van der Waals surface area contributed by atoms with Crippen LogP contribution in [0.5, 0.6) is 0 Å². The fraction of sp³-hybridized carbons (Fsp3) is 0.435. The van der Waals surface area contributed by atoms with Crippen LogP contribution >= 0.6 is 0 Å². The Morgan fingerprint density at radius 3 is 2.47 bits per heavy atom. The van der Waals surface area contributed by atoms with Gasteiger partial charge in [0, 0.05) is 12.6 Å². The summed E-state index contributed by atoms with van der Waals surface area (Å²) in [5.74, 6) is 0. The highest BCUT2D eigenvalue weighted by molar-refractivity contribution is 7.88. The van der Waals surface area contributed by atoms with Crippen molar-refractivity contribution in [3.05, 3.63) is 60.2 Å². The third-order valence-electron chi connectivity index (χ3n) is 5.94. The Hall–Kier alpha value is -2.38. The maximum Gasteiger partial charge on any atom is 0.410 e. The topological polar surface area (TPSA) is 75.7 Å². The minimum Gasteiger partial charge on any atom is -0.446 e. The van der Waals surface area contributed by atoms with Gasteiger partial charge >= 0.3 is 6.09 Å². The van der Waals surface area contributed by atoms with Crippen molar-refractivity contribution in [2.75, 3.05) is 12.8 Å². The normalized spacial score (nSPS) is 22.0. The zero-order valence-corrected chi connectivity index (χ0v) is 18.0. The lowest BCUT2D eigenvalue weighted by Crippen LogP contribution is -2.48. The Morgan fingerprint density at radius 2 is 1.80 bits per heavy atom. The molecule has 160 valence electrons. The monoisotopic (exact) mass is 428 g/mol. The van der Waals surface area contributed by atoms with Crippen LogP contribution in [0.15, 0.2) is 54.6 Å². The average Bonchev–Trinajstić information content (AvgIpc) is 3.06. The van der Waals surface area contributed by atoms with Gasteiger partial charge in [-0.15, -0.1) is 0 Å². The van der Waals surface area contributed by atoms with Crippen LogP contribution in [0.1, 0.15) is 31.2 Å². The van der Waals surface area contributed by atoms with E-state index in [1.807, 2.05) is 30.3 Å². The second-order valence-electron chi connectivity index (χ2n) is 8.25. The molecule has 1 heterocycles. The molecule has 2 fully saturated rings. The molecule has 2 atom stereocenters. The maximum atomic E-state index is 12.8. The van der Waals surface area contributed by atoms with Crippen LogP contribution in [0.25, 0.3) is 11.1 Å². The zero-order valence-electron chi connectivity index (χ0n) is 17.2. The first-order valence-electron chi connectivity index (χ1n) is 10.5. The van der Waals surface area contributed by atoms with Gasteiger partial charge in [0.15, 0.2) is 0 Å². The van der Waals surface area contributed by atoms with E-state index in [0.717, 1.165) is 42.2 Å². The molecule has 1 saturated heterocycles. The van der Waals surface area contributed by atoms with E-state index in [9.17, 15) is 13.2 Å². The summed E-state index contributed by atoms with van der Waals surface area (Å²) >= 11 is 0. The maximum absolute atomic E-state index is 12.8. The molecule has 0 spiro atoms. The molecular weight excluding hydrogens is 400 g/mol. The number of amides is 1. The summed E-state index contributed by atoms with van der Waals surface area (Å²) in [7, 11) is -3.38. The quantitative estimate of drug-likeness (QED) is 0.763. The lowest BCUT2D eigenvalue weighted by atomic mass is 9.96. The first-order valence-corrected chi connectivity index (χ1v) is 12.4. The van der Waals surface area contributed by atoms with E-state index >= 15 is 0 Å². The molecule has 1 aliphatic carbocycles. The molecule has 1 amide bonds. The molecule has 30 heavy (non-hydrogen) atoms. The molecule has 1 N–H and O–H groups in total. The average molecular weight is 429 g/mol. The highest BCUT2D eigenvalue weighted by Gasteiger charge is 2.40. The van der Waals surface area contributed by atoms with Crippen molar-refractivity contribution in [3.63, 3.8) is 0 Å². The van der Waals surface area contributed by atoms with Crippen LogP contribution < -0.4 is 4.72 Å². The SMILES string of the molecule is CS(=O)(=O)N[C@@H]1CCN(C(=O)OC2CCC2)[C@@H]1Cc1cccc(-c2ccccc2)c1. The van der Waals surface area contributed by atoms with Gasteiger partial charge in [-0.1, -0.05) is 54.6 Å². The van der Waals surface area contributed by atoms with Crippen molar-refractivity contribution in [2.24, 2.45) is 0 Å². The van der Waals surface area contributed by atoms with Gasteiger partial charge < -0.3 is 9.64 Å². The highest BCUT2D eigenvalue weighted by Crippen LogP contribution is 2.28. The number of carbonyl (C=O) groups excluding carboxylic acids is 1. The minimum atomic E-state index is -3.38. The smallest absolute Gasteiger partial charge is 0.410 e. The summed E-state index contributed by atoms with van der Waals surface area (Å²) < 4.78 is 32.1. The van der Waals surface area contributed by atoms with Crippen molar-refractivity contribution >= 4 is 16.1 Å². The predicted molar refractivity (Wildman–Crippen MR) is 117 cm³/mol. The molecule has 1 aliphatic heterocycles. The zero-order chi connectivity index (χ0) is 21.1. The number of likely N-dealkylation sites (tertiary alicyclic amines) is 1. The molecule has 0 aromatic heterocycles. The molecule has 6 nitrogen and oxygen atoms in total. The van der Waals surface area contributed by atoms with Crippen LogP contribution in [0.2, 0.25) is 0 Å². The van der Waals surface area contributed by atoms with Crippen molar-refractivity contribution < 1.29 is 17.9 Å². The Balaban J connectivity index is 1.55. The van der Waals surface area contributed by atoms with Crippen LogP contribution in [-0.4, -0.2) is 50.4 Å². The first-order chi connectivity index (χ1) is 14.4. The van der Waals surface area contributed by atoms with Gasteiger partial charge in [-0.05, 0) is 48.8 Å². The summed E-state index contributed by atoms with van der Waals surface area (Å²) in [5, 5.41) is 0. The summed E-state index contributed by atoms with van der Waals surface area (Å²) in [6, 6.07) is 17.7. The van der Waals surface area contributed by atoms with Gasteiger partial charge in [0.1, 0.15) is 6.10 Å². The Bertz CT molecular complexity index is 989. The number of nitrogens with zero attached hydrogens (tertiary/aromatic N) is 1. The lowest BCUT2D eigenvalue weighted by Gasteiger charge is -2.32. The van der Waals surface area contributed by atoms with E-state index in [-0.39, 0.29) is 24.3 Å². The fourth-order valence-corrected chi connectivity index (χ4v) is 5.02. The number of rotatable bonds is 6. The molecule has 7 heteroatoms. The Morgan fingerprint density at radius 1 is 1.07 bits per heavy atom. The molecule has 2 aromatic rings. The molecular formula is C23H28N2O4S. The fourth-order valence-electron chi connectivity index (χ4n) is 4.19. The molecule has 0 bridgehead atoms. The Labute approximate surface area is 178 Å². The van der Waals surface area contributed by atoms with Crippen LogP contribution in [0.3, 0.4) is 0 Å². The van der Waals surface area contributed by atoms with E-state index in [1.165, 1.54) is 0 Å². The van der Waals surface area contributed by atoms with Gasteiger partial charge in [0.05, 0.1) is 12.3 Å². The molecule has 2 aromatic carbocycles. The predicted octanol–water partition coefficient (Wildman–Crippen LogP) is 3.58. The number of ether oxygens (including phenoxy) is 1. The van der Waals surface area contributed by atoms with Crippen molar-refractivity contribution in [1.82, 2.24) is 9.62 Å². The van der Waals surface area contributed by atoms with Gasteiger partial charge in [0.25, 0.3) is 0 Å². The highest BCUT2D eigenvalue weighted by atomic mass is 32.2. The number of sulfonamides is 1. The van der Waals surface area contributed by atoms with E-state index < -0.39 is 10.0 Å². The van der Waals surface area contributed by atoms with Gasteiger partial charge in [-0.3, -0.25) is 0 Å². The Kier molecular flexibility index (Phi) is 6.11. The molecule has 2 aliphatic rings. The second kappa shape index (κ2) is 8.78. The van der Waals surface area contributed by atoms with Crippen LogP contribution in [0, 0.1) is 0 Å². The largest absolute Gasteiger partial charge is 0.446 e. The van der Waals surface area contributed by atoms with Gasteiger partial charge in [0.2, 0.25) is 10.0 Å². The lowest BCUT2D eigenvalue weighted by molar-refractivity contribution is 0.0239. The van der Waals surface area contributed by atoms with Gasteiger partial charge in [-0.25, -0.2) is 17.9 Å². The third kappa shape index (κ3) is 5.02. The summed E-state index contributed by atoms with van der Waals surface area (Å²) in [6.45, 7) is 0.488. The number of nitrogens with one attached hydrogen (secondary N) is 1. The van der Waals surface area contributed by atoms with Gasteiger partial charge in [-0.2, -0.15) is 0 Å². The van der Waals surface area contributed by atoms with E-state index in [4.69, 9.17) is 4.74 Å². The van der Waals surface area contributed by atoms with Crippen molar-refractivity contribution in [3.8, 4) is 11.1 Å². The van der Waals surface area contributed by atoms with Crippen LogP contribution in [0.4, 0.5) is 4.79 Å².